The van der Waals surface area contributed by atoms with E-state index >= 15 is 0 Å². The molecule has 2 N–H and O–H groups in total. The summed E-state index contributed by atoms with van der Waals surface area (Å²) in [6.07, 6.45) is 1.52. The lowest BCUT2D eigenvalue weighted by molar-refractivity contribution is -0.133. The van der Waals surface area contributed by atoms with Gasteiger partial charge in [-0.1, -0.05) is 17.7 Å². The summed E-state index contributed by atoms with van der Waals surface area (Å²) < 4.78 is 17.1. The van der Waals surface area contributed by atoms with Crippen molar-refractivity contribution in [3.63, 3.8) is 0 Å². The summed E-state index contributed by atoms with van der Waals surface area (Å²) in [5.41, 5.74) is 1.99. The average molecular weight is 555 g/mol. The second-order valence-electron chi connectivity index (χ2n) is 9.31. The molecule has 12 heteroatoms. The van der Waals surface area contributed by atoms with Crippen molar-refractivity contribution >= 4 is 45.8 Å². The first-order valence-corrected chi connectivity index (χ1v) is 13.2. The van der Waals surface area contributed by atoms with Crippen LogP contribution in [0.4, 0.5) is 11.5 Å². The van der Waals surface area contributed by atoms with Crippen LogP contribution in [0.5, 0.6) is 11.5 Å². The summed E-state index contributed by atoms with van der Waals surface area (Å²) in [6.45, 7) is 4.71. The number of morpholine rings is 1. The molecule has 0 unspecified atom stereocenters. The summed E-state index contributed by atoms with van der Waals surface area (Å²) in [5.74, 6) is 1.11. The molecule has 0 radical (unpaired) electrons. The number of rotatable bonds is 4. The number of halogens is 1. The molecular weight excluding hydrogens is 524 g/mol. The van der Waals surface area contributed by atoms with Gasteiger partial charge in [0.05, 0.1) is 45.4 Å². The standard InChI is InChI=1S/C27H31ClN6O5/c1-37-23-15-22-20-14-24(23)39-11-8-34(5-4-33-6-9-38-10-7-33)26(36)16-29-25(35)12-18-2-3-19(28)13-21(18)32-27(20)31-17-30-22/h2-3,13-15,17H,4-12,16H2,1H3,(H,29,35)(H,30,31,32). The Balaban J connectivity index is 1.47. The van der Waals surface area contributed by atoms with E-state index in [9.17, 15) is 9.59 Å². The molecule has 0 aliphatic carbocycles. The minimum Gasteiger partial charge on any atom is -0.493 e. The second-order valence-corrected chi connectivity index (χ2v) is 9.74. The number of amides is 2. The molecule has 206 valence electrons. The van der Waals surface area contributed by atoms with Gasteiger partial charge in [0.1, 0.15) is 18.8 Å². The number of hydrogen-bond donors (Lipinski definition) is 2. The highest BCUT2D eigenvalue weighted by Crippen LogP contribution is 2.35. The highest BCUT2D eigenvalue weighted by molar-refractivity contribution is 6.31. The third-order valence-electron chi connectivity index (χ3n) is 6.79. The fourth-order valence-electron chi connectivity index (χ4n) is 4.62. The van der Waals surface area contributed by atoms with E-state index in [4.69, 9.17) is 25.8 Å². The monoisotopic (exact) mass is 554 g/mol. The molecule has 2 amide bonds. The van der Waals surface area contributed by atoms with Crippen molar-refractivity contribution in [3.05, 3.63) is 47.2 Å². The quantitative estimate of drug-likeness (QED) is 0.500. The Labute approximate surface area is 231 Å². The Kier molecular flexibility index (Phi) is 8.60. The van der Waals surface area contributed by atoms with Crippen LogP contribution in [0.1, 0.15) is 5.56 Å². The molecular formula is C27H31ClN6O5. The Morgan fingerprint density at radius 1 is 1.05 bits per heavy atom. The van der Waals surface area contributed by atoms with Gasteiger partial charge in [-0.2, -0.15) is 0 Å². The molecule has 2 aromatic carbocycles. The van der Waals surface area contributed by atoms with Gasteiger partial charge in [-0.3, -0.25) is 14.5 Å². The maximum Gasteiger partial charge on any atom is 0.242 e. The van der Waals surface area contributed by atoms with Gasteiger partial charge >= 0.3 is 0 Å². The van der Waals surface area contributed by atoms with Crippen molar-refractivity contribution in [1.29, 1.82) is 0 Å². The van der Waals surface area contributed by atoms with Crippen LogP contribution in [-0.2, 0) is 20.7 Å². The number of carbonyl (C=O) groups is 2. The van der Waals surface area contributed by atoms with Crippen molar-refractivity contribution in [2.75, 3.05) is 71.5 Å². The van der Waals surface area contributed by atoms with E-state index in [0.717, 1.165) is 13.1 Å². The molecule has 2 bridgehead atoms. The molecule has 2 aliphatic heterocycles. The van der Waals surface area contributed by atoms with Crippen LogP contribution in [0.2, 0.25) is 5.02 Å². The average Bonchev–Trinajstić information content (AvgIpc) is 2.95. The lowest BCUT2D eigenvalue weighted by Crippen LogP contribution is -2.47. The molecule has 3 heterocycles. The molecule has 11 nitrogen and oxygen atoms in total. The molecule has 1 fully saturated rings. The zero-order valence-electron chi connectivity index (χ0n) is 21.7. The van der Waals surface area contributed by atoms with Crippen molar-refractivity contribution in [2.24, 2.45) is 0 Å². The fourth-order valence-corrected chi connectivity index (χ4v) is 4.79. The van der Waals surface area contributed by atoms with Gasteiger partial charge in [0, 0.05) is 48.3 Å². The number of methoxy groups -OCH3 is 1. The van der Waals surface area contributed by atoms with E-state index < -0.39 is 0 Å². The van der Waals surface area contributed by atoms with Crippen molar-refractivity contribution in [1.82, 2.24) is 25.1 Å². The molecule has 0 atom stereocenters. The zero-order valence-corrected chi connectivity index (χ0v) is 22.5. The molecule has 2 aliphatic rings. The Hall–Kier alpha value is -3.67. The molecule has 39 heavy (non-hydrogen) atoms. The third kappa shape index (κ3) is 6.67. The maximum absolute atomic E-state index is 13.2. The van der Waals surface area contributed by atoms with Gasteiger partial charge in [0.2, 0.25) is 11.8 Å². The molecule has 0 spiro atoms. The Morgan fingerprint density at radius 3 is 2.72 bits per heavy atom. The van der Waals surface area contributed by atoms with Gasteiger partial charge in [-0.25, -0.2) is 9.97 Å². The lowest BCUT2D eigenvalue weighted by Gasteiger charge is -2.30. The van der Waals surface area contributed by atoms with E-state index in [1.54, 1.807) is 36.3 Å². The minimum absolute atomic E-state index is 0.0613. The van der Waals surface area contributed by atoms with Crippen LogP contribution in [0.25, 0.3) is 10.9 Å². The highest BCUT2D eigenvalue weighted by atomic mass is 35.5. The third-order valence-corrected chi connectivity index (χ3v) is 7.03. The molecule has 1 aromatic heterocycles. The van der Waals surface area contributed by atoms with Gasteiger partial charge < -0.3 is 29.7 Å². The smallest absolute Gasteiger partial charge is 0.242 e. The summed E-state index contributed by atoms with van der Waals surface area (Å²) in [6, 6.07) is 8.85. The van der Waals surface area contributed by atoms with Crippen molar-refractivity contribution in [2.45, 2.75) is 6.42 Å². The topological polar surface area (TPSA) is 118 Å². The summed E-state index contributed by atoms with van der Waals surface area (Å²) >= 11 is 6.29. The van der Waals surface area contributed by atoms with Gasteiger partial charge in [-0.05, 0) is 23.8 Å². The predicted molar refractivity (Wildman–Crippen MR) is 147 cm³/mol. The molecule has 1 saturated heterocycles. The Morgan fingerprint density at radius 2 is 1.90 bits per heavy atom. The Bertz CT molecular complexity index is 1350. The fraction of sp³-hybridized carbons (Fsp3) is 0.407. The molecule has 3 aromatic rings. The number of fused-ring (bicyclic) bond motifs is 2. The highest BCUT2D eigenvalue weighted by Gasteiger charge is 2.20. The van der Waals surface area contributed by atoms with Gasteiger partial charge in [-0.15, -0.1) is 0 Å². The first-order chi connectivity index (χ1) is 19.0. The lowest BCUT2D eigenvalue weighted by atomic mass is 10.1. The van der Waals surface area contributed by atoms with Crippen LogP contribution < -0.4 is 20.1 Å². The van der Waals surface area contributed by atoms with Crippen LogP contribution in [-0.4, -0.2) is 97.8 Å². The van der Waals surface area contributed by atoms with E-state index in [2.05, 4.69) is 25.5 Å². The van der Waals surface area contributed by atoms with E-state index in [0.29, 0.717) is 77.3 Å². The van der Waals surface area contributed by atoms with Crippen LogP contribution in [0.15, 0.2) is 36.7 Å². The second kappa shape index (κ2) is 12.5. The summed E-state index contributed by atoms with van der Waals surface area (Å²) in [5, 5.41) is 7.28. The number of benzene rings is 2. The zero-order chi connectivity index (χ0) is 27.2. The predicted octanol–water partition coefficient (Wildman–Crippen LogP) is 2.25. The van der Waals surface area contributed by atoms with E-state index in [-0.39, 0.29) is 31.4 Å². The first-order valence-electron chi connectivity index (χ1n) is 12.9. The normalized spacial score (nSPS) is 17.3. The molecule has 5 rings (SSSR count). The van der Waals surface area contributed by atoms with E-state index in [1.807, 2.05) is 6.07 Å². The number of aromatic nitrogens is 2. The number of ether oxygens (including phenoxy) is 3. The number of carbonyl (C=O) groups excluding carboxylic acids is 2. The first kappa shape index (κ1) is 26.9. The number of anilines is 2. The van der Waals surface area contributed by atoms with Gasteiger partial charge in [0.25, 0.3) is 0 Å². The number of nitrogens with zero attached hydrogens (tertiary/aromatic N) is 4. The van der Waals surface area contributed by atoms with Crippen LogP contribution >= 0.6 is 11.6 Å². The number of hydrogen-bond acceptors (Lipinski definition) is 9. The maximum atomic E-state index is 13.2. The summed E-state index contributed by atoms with van der Waals surface area (Å²) in [7, 11) is 1.57. The van der Waals surface area contributed by atoms with Crippen LogP contribution in [0, 0.1) is 0 Å². The van der Waals surface area contributed by atoms with Gasteiger partial charge in [0.15, 0.2) is 11.5 Å². The summed E-state index contributed by atoms with van der Waals surface area (Å²) in [4.78, 5) is 38.8. The van der Waals surface area contributed by atoms with E-state index in [1.165, 1.54) is 6.33 Å². The van der Waals surface area contributed by atoms with Crippen LogP contribution in [0.3, 0.4) is 0 Å². The van der Waals surface area contributed by atoms with Crippen molar-refractivity contribution in [3.8, 4) is 11.5 Å². The number of nitrogens with one attached hydrogen (secondary N) is 2. The van der Waals surface area contributed by atoms with Crippen molar-refractivity contribution < 1.29 is 23.8 Å². The minimum atomic E-state index is -0.273. The molecule has 0 saturated carbocycles. The SMILES string of the molecule is COc1cc2ncnc3c2cc1OCCN(CCN1CCOCC1)C(=O)CNC(=O)Cc1ccc(Cl)cc1N3. The largest absolute Gasteiger partial charge is 0.493 e.